The number of hydrogen-bond donors (Lipinski definition) is 1. The summed E-state index contributed by atoms with van der Waals surface area (Å²) in [5.74, 6) is 1.87. The lowest BCUT2D eigenvalue weighted by atomic mass is 10.1. The zero-order valence-corrected chi connectivity index (χ0v) is 18.1. The Kier molecular flexibility index (Phi) is 6.51. The lowest BCUT2D eigenvalue weighted by molar-refractivity contribution is 0.102. The number of aromatic nitrogens is 2. The largest absolute Gasteiger partial charge is 0.497 e. The molecule has 0 atom stereocenters. The number of aryl methyl sites for hydroxylation is 1. The van der Waals surface area contributed by atoms with Gasteiger partial charge in [-0.15, -0.1) is 0 Å². The van der Waals surface area contributed by atoms with Crippen LogP contribution >= 0.6 is 0 Å². The van der Waals surface area contributed by atoms with Gasteiger partial charge in [0.25, 0.3) is 5.91 Å². The summed E-state index contributed by atoms with van der Waals surface area (Å²) in [7, 11) is 1.63. The monoisotopic (exact) mass is 427 g/mol. The van der Waals surface area contributed by atoms with Crippen LogP contribution in [-0.4, -0.2) is 22.8 Å². The van der Waals surface area contributed by atoms with E-state index < -0.39 is 0 Å². The van der Waals surface area contributed by atoms with Gasteiger partial charge in [-0.25, -0.2) is 0 Å². The van der Waals surface area contributed by atoms with Gasteiger partial charge in [0.1, 0.15) is 18.1 Å². The molecule has 4 aromatic rings. The predicted molar refractivity (Wildman–Crippen MR) is 124 cm³/mol. The van der Waals surface area contributed by atoms with Crippen LogP contribution in [0.15, 0.2) is 85.1 Å². The standard InChI is InChI=1S/C26H25N3O3/c1-19-4-3-5-21(16-19)17-29-15-14-25(28-29)27-26(30)22-8-6-20(7-9-22)18-32-24-12-10-23(31-2)11-13-24/h3-16H,17-18H2,1-2H3,(H,27,28,30). The number of nitrogens with one attached hydrogen (secondary N) is 1. The number of nitrogens with zero attached hydrogens (tertiary/aromatic N) is 2. The van der Waals surface area contributed by atoms with Gasteiger partial charge in [0, 0.05) is 17.8 Å². The van der Waals surface area contributed by atoms with Crippen molar-refractivity contribution in [2.45, 2.75) is 20.1 Å². The van der Waals surface area contributed by atoms with Crippen molar-refractivity contribution in [2.24, 2.45) is 0 Å². The van der Waals surface area contributed by atoms with E-state index in [1.807, 2.05) is 53.3 Å². The van der Waals surface area contributed by atoms with Crippen molar-refractivity contribution in [2.75, 3.05) is 12.4 Å². The van der Waals surface area contributed by atoms with Gasteiger partial charge in [-0.2, -0.15) is 5.10 Å². The van der Waals surface area contributed by atoms with E-state index in [4.69, 9.17) is 9.47 Å². The molecule has 0 spiro atoms. The van der Waals surface area contributed by atoms with Crippen LogP contribution in [0.3, 0.4) is 0 Å². The maximum atomic E-state index is 12.6. The first kappa shape index (κ1) is 21.2. The number of benzene rings is 3. The number of carbonyl (C=O) groups is 1. The van der Waals surface area contributed by atoms with E-state index in [2.05, 4.69) is 35.5 Å². The van der Waals surface area contributed by atoms with Crippen LogP contribution < -0.4 is 14.8 Å². The molecular formula is C26H25N3O3. The fourth-order valence-corrected chi connectivity index (χ4v) is 3.29. The molecule has 6 heteroatoms. The van der Waals surface area contributed by atoms with E-state index in [1.54, 1.807) is 25.3 Å². The van der Waals surface area contributed by atoms with Crippen molar-refractivity contribution in [3.05, 3.63) is 107 Å². The maximum Gasteiger partial charge on any atom is 0.256 e. The average Bonchev–Trinajstić information content (AvgIpc) is 3.25. The highest BCUT2D eigenvalue weighted by molar-refractivity contribution is 6.03. The molecule has 1 heterocycles. The molecule has 0 unspecified atom stereocenters. The fourth-order valence-electron chi connectivity index (χ4n) is 3.29. The number of ether oxygens (including phenoxy) is 2. The molecule has 1 amide bonds. The predicted octanol–water partition coefficient (Wildman–Crippen LogP) is 5.08. The van der Waals surface area contributed by atoms with E-state index in [-0.39, 0.29) is 5.91 Å². The molecule has 0 aliphatic rings. The highest BCUT2D eigenvalue weighted by Crippen LogP contribution is 2.18. The second kappa shape index (κ2) is 9.83. The summed E-state index contributed by atoms with van der Waals surface area (Å²) in [6, 6.07) is 24.8. The molecule has 6 nitrogen and oxygen atoms in total. The third kappa shape index (κ3) is 5.55. The van der Waals surface area contributed by atoms with Crippen LogP contribution in [0.25, 0.3) is 0 Å². The van der Waals surface area contributed by atoms with Crippen molar-refractivity contribution in [1.82, 2.24) is 9.78 Å². The van der Waals surface area contributed by atoms with E-state index in [0.717, 1.165) is 17.1 Å². The normalized spacial score (nSPS) is 10.6. The summed E-state index contributed by atoms with van der Waals surface area (Å²) in [6.07, 6.45) is 1.86. The van der Waals surface area contributed by atoms with E-state index in [9.17, 15) is 4.79 Å². The van der Waals surface area contributed by atoms with Gasteiger partial charge in [0.05, 0.1) is 13.7 Å². The van der Waals surface area contributed by atoms with E-state index >= 15 is 0 Å². The SMILES string of the molecule is COc1ccc(OCc2ccc(C(=O)Nc3ccn(Cc4cccc(C)c4)n3)cc2)cc1. The lowest BCUT2D eigenvalue weighted by Gasteiger charge is -2.08. The summed E-state index contributed by atoms with van der Waals surface area (Å²) in [6.45, 7) is 3.13. The number of anilines is 1. The minimum absolute atomic E-state index is 0.201. The van der Waals surface area contributed by atoms with Gasteiger partial charge in [0.2, 0.25) is 0 Å². The van der Waals surface area contributed by atoms with Gasteiger partial charge in [-0.1, -0.05) is 42.0 Å². The van der Waals surface area contributed by atoms with E-state index in [0.29, 0.717) is 24.5 Å². The Bertz CT molecular complexity index is 1180. The van der Waals surface area contributed by atoms with Crippen LogP contribution in [-0.2, 0) is 13.2 Å². The third-order valence-electron chi connectivity index (χ3n) is 4.99. The highest BCUT2D eigenvalue weighted by atomic mass is 16.5. The number of methoxy groups -OCH3 is 1. The molecule has 0 fully saturated rings. The summed E-state index contributed by atoms with van der Waals surface area (Å²) >= 11 is 0. The second-order valence-corrected chi connectivity index (χ2v) is 7.50. The summed E-state index contributed by atoms with van der Waals surface area (Å²) in [5.41, 5.74) is 3.91. The first-order chi connectivity index (χ1) is 15.6. The number of carbonyl (C=O) groups excluding carboxylic acids is 1. The van der Waals surface area contributed by atoms with Gasteiger partial charge in [0.15, 0.2) is 5.82 Å². The Balaban J connectivity index is 1.31. The number of amides is 1. The molecule has 1 N–H and O–H groups in total. The van der Waals surface area contributed by atoms with Crippen LogP contribution in [0.5, 0.6) is 11.5 Å². The Morgan fingerprint density at radius 2 is 1.69 bits per heavy atom. The summed E-state index contributed by atoms with van der Waals surface area (Å²) in [5, 5.41) is 7.30. The Morgan fingerprint density at radius 1 is 0.938 bits per heavy atom. The first-order valence-electron chi connectivity index (χ1n) is 10.4. The fraction of sp³-hybridized carbons (Fsp3) is 0.154. The third-order valence-corrected chi connectivity index (χ3v) is 4.99. The molecule has 0 bridgehead atoms. The number of rotatable bonds is 8. The van der Waals surface area contributed by atoms with Crippen molar-refractivity contribution in [3.63, 3.8) is 0 Å². The van der Waals surface area contributed by atoms with Crippen molar-refractivity contribution < 1.29 is 14.3 Å². The molecule has 0 radical (unpaired) electrons. The molecule has 3 aromatic carbocycles. The van der Waals surface area contributed by atoms with Crippen LogP contribution in [0.4, 0.5) is 5.82 Å². The molecule has 0 aliphatic heterocycles. The number of hydrogen-bond acceptors (Lipinski definition) is 4. The summed E-state index contributed by atoms with van der Waals surface area (Å²) in [4.78, 5) is 12.6. The highest BCUT2D eigenvalue weighted by Gasteiger charge is 2.09. The minimum Gasteiger partial charge on any atom is -0.497 e. The van der Waals surface area contributed by atoms with Gasteiger partial charge in [-0.05, 0) is 54.4 Å². The molecule has 32 heavy (non-hydrogen) atoms. The first-order valence-corrected chi connectivity index (χ1v) is 10.4. The quantitative estimate of drug-likeness (QED) is 0.426. The zero-order chi connectivity index (χ0) is 22.3. The molecular weight excluding hydrogens is 402 g/mol. The average molecular weight is 428 g/mol. The molecule has 0 aliphatic carbocycles. The second-order valence-electron chi connectivity index (χ2n) is 7.50. The minimum atomic E-state index is -0.201. The Labute approximate surface area is 187 Å². The van der Waals surface area contributed by atoms with Crippen LogP contribution in [0, 0.1) is 6.92 Å². The van der Waals surface area contributed by atoms with Gasteiger partial charge in [-0.3, -0.25) is 9.48 Å². The Morgan fingerprint density at radius 3 is 2.41 bits per heavy atom. The van der Waals surface area contributed by atoms with Crippen molar-refractivity contribution in [3.8, 4) is 11.5 Å². The lowest BCUT2D eigenvalue weighted by Crippen LogP contribution is -2.13. The van der Waals surface area contributed by atoms with Crippen LogP contribution in [0.2, 0.25) is 0 Å². The molecule has 162 valence electrons. The molecule has 0 saturated heterocycles. The van der Waals surface area contributed by atoms with Crippen molar-refractivity contribution >= 4 is 11.7 Å². The molecule has 1 aromatic heterocycles. The van der Waals surface area contributed by atoms with Gasteiger partial charge >= 0.3 is 0 Å². The smallest absolute Gasteiger partial charge is 0.256 e. The zero-order valence-electron chi connectivity index (χ0n) is 18.1. The molecule has 0 saturated carbocycles. The summed E-state index contributed by atoms with van der Waals surface area (Å²) < 4.78 is 12.7. The van der Waals surface area contributed by atoms with Gasteiger partial charge < -0.3 is 14.8 Å². The Hall–Kier alpha value is -4.06. The molecule has 4 rings (SSSR count). The van der Waals surface area contributed by atoms with Crippen molar-refractivity contribution in [1.29, 1.82) is 0 Å². The topological polar surface area (TPSA) is 65.4 Å². The maximum absolute atomic E-state index is 12.6. The van der Waals surface area contributed by atoms with E-state index in [1.165, 1.54) is 11.1 Å². The van der Waals surface area contributed by atoms with Crippen LogP contribution in [0.1, 0.15) is 27.0 Å².